The van der Waals surface area contributed by atoms with Crippen molar-refractivity contribution in [1.29, 1.82) is 0 Å². The van der Waals surface area contributed by atoms with Gasteiger partial charge in [-0.1, -0.05) is 0 Å². The molecular formula is C6H4U2-2. The second-order valence-corrected chi connectivity index (χ2v) is 1.00. The Bertz CT molecular complexity index is 78.5. The maximum atomic E-state index is 2.86. The van der Waals surface area contributed by atoms with Crippen molar-refractivity contribution in [2.45, 2.75) is 0 Å². The molecule has 0 radical (unpaired) electrons. The van der Waals surface area contributed by atoms with Gasteiger partial charge in [0, 0.05) is 62.2 Å². The van der Waals surface area contributed by atoms with Crippen LogP contribution in [0.15, 0.2) is 24.3 Å². The molecule has 0 fully saturated rings. The molecule has 0 saturated carbocycles. The van der Waals surface area contributed by atoms with Crippen molar-refractivity contribution in [3.63, 3.8) is 0 Å². The Balaban J connectivity index is 0. The van der Waals surface area contributed by atoms with Crippen LogP contribution in [-0.4, -0.2) is 0 Å². The second-order valence-electron chi connectivity index (χ2n) is 1.00. The third kappa shape index (κ3) is 5.46. The van der Waals surface area contributed by atoms with Crippen molar-refractivity contribution in [2.24, 2.45) is 0 Å². The summed E-state index contributed by atoms with van der Waals surface area (Å²) in [5.41, 5.74) is 0. The van der Waals surface area contributed by atoms with Crippen LogP contribution in [0.3, 0.4) is 0 Å². The third-order valence-electron chi connectivity index (χ3n) is 0.552. The molecule has 38 valence electrons. The maximum absolute atomic E-state index is 2.86. The van der Waals surface area contributed by atoms with E-state index in [1.54, 1.807) is 0 Å². The van der Waals surface area contributed by atoms with Gasteiger partial charge in [-0.2, -0.15) is 0 Å². The molecule has 0 aliphatic rings. The first-order valence-electron chi connectivity index (χ1n) is 1.82. The van der Waals surface area contributed by atoms with Gasteiger partial charge in [0.25, 0.3) is 0 Å². The molecule has 0 aliphatic heterocycles. The van der Waals surface area contributed by atoms with E-state index in [0.29, 0.717) is 0 Å². The van der Waals surface area contributed by atoms with Crippen LogP contribution in [0.2, 0.25) is 0 Å². The van der Waals surface area contributed by atoms with Crippen LogP contribution in [0.1, 0.15) is 0 Å². The van der Waals surface area contributed by atoms with E-state index in [4.69, 9.17) is 0 Å². The summed E-state index contributed by atoms with van der Waals surface area (Å²) in [5.74, 6) is 0. The SMILES string of the molecule is [U].[U].[c-]1cc[c-]cc1. The fraction of sp³-hybridized carbons (Fsp3) is 0. The normalized spacial score (nSPS) is 6.00. The summed E-state index contributed by atoms with van der Waals surface area (Å²) in [4.78, 5) is 0. The van der Waals surface area contributed by atoms with E-state index in [9.17, 15) is 0 Å². The molecule has 0 unspecified atom stereocenters. The fourth-order valence-corrected chi connectivity index (χ4v) is 0.304. The molecule has 0 spiro atoms. The molecule has 0 amide bonds. The van der Waals surface area contributed by atoms with Crippen LogP contribution >= 0.6 is 0 Å². The van der Waals surface area contributed by atoms with Gasteiger partial charge in [0.05, 0.1) is 0 Å². The predicted octanol–water partition coefficient (Wildman–Crippen LogP) is 1.29. The van der Waals surface area contributed by atoms with Gasteiger partial charge >= 0.3 is 0 Å². The minimum absolute atomic E-state index is 0. The molecule has 8 heavy (non-hydrogen) atoms. The maximum Gasteiger partial charge on any atom is 0 e. The van der Waals surface area contributed by atoms with Gasteiger partial charge in [-0.25, -0.2) is 0 Å². The van der Waals surface area contributed by atoms with Gasteiger partial charge in [-0.15, -0.1) is 0 Å². The zero-order chi connectivity index (χ0) is 4.24. The van der Waals surface area contributed by atoms with E-state index in [0.717, 1.165) is 0 Å². The topological polar surface area (TPSA) is 0 Å². The summed E-state index contributed by atoms with van der Waals surface area (Å²) >= 11 is 0. The van der Waals surface area contributed by atoms with Crippen LogP contribution in [0.25, 0.3) is 0 Å². The van der Waals surface area contributed by atoms with Gasteiger partial charge in [-0.05, 0) is 0 Å². The number of hydrogen-bond donors (Lipinski definition) is 0. The minimum atomic E-state index is 0. The Morgan fingerprint density at radius 2 is 0.875 bits per heavy atom. The van der Waals surface area contributed by atoms with E-state index < -0.39 is 0 Å². The monoisotopic (exact) mass is 552 g/mol. The van der Waals surface area contributed by atoms with Crippen molar-refractivity contribution >= 4 is 0 Å². The van der Waals surface area contributed by atoms with Gasteiger partial charge in [0.2, 0.25) is 0 Å². The zero-order valence-electron chi connectivity index (χ0n) is 4.31. The molecule has 0 aliphatic carbocycles. The van der Waals surface area contributed by atoms with E-state index in [1.807, 2.05) is 24.3 Å². The van der Waals surface area contributed by atoms with Gasteiger partial charge in [0.1, 0.15) is 0 Å². The molecule has 1 aromatic carbocycles. The molecule has 0 aromatic heterocycles. The molecule has 1 aromatic rings. The number of hydrogen-bond acceptors (Lipinski definition) is 0. The molecule has 1 rings (SSSR count). The van der Waals surface area contributed by atoms with E-state index in [-0.39, 0.29) is 62.2 Å². The van der Waals surface area contributed by atoms with Gasteiger partial charge < -0.3 is 12.1 Å². The molecule has 2 heteroatoms. The molecule has 0 atom stereocenters. The van der Waals surface area contributed by atoms with Crippen LogP contribution < -0.4 is 0 Å². The van der Waals surface area contributed by atoms with Crippen LogP contribution in [-0.2, 0) is 0 Å². The van der Waals surface area contributed by atoms with Crippen LogP contribution in [0.4, 0.5) is 0 Å². The third-order valence-corrected chi connectivity index (χ3v) is 0.552. The summed E-state index contributed by atoms with van der Waals surface area (Å²) in [7, 11) is 0. The Morgan fingerprint density at radius 3 is 1.00 bits per heavy atom. The molecule has 0 bridgehead atoms. The van der Waals surface area contributed by atoms with Crippen molar-refractivity contribution in [1.82, 2.24) is 0 Å². The average molecular weight is 552 g/mol. The molecule has 0 saturated heterocycles. The van der Waals surface area contributed by atoms with Gasteiger partial charge in [-0.3, -0.25) is 24.3 Å². The van der Waals surface area contributed by atoms with Crippen molar-refractivity contribution in [2.75, 3.05) is 0 Å². The molecular weight excluding hydrogens is 548 g/mol. The molecule has 0 N–H and O–H groups in total. The van der Waals surface area contributed by atoms with Crippen LogP contribution in [0, 0.1) is 74.4 Å². The summed E-state index contributed by atoms with van der Waals surface area (Å²) in [6.45, 7) is 0. The van der Waals surface area contributed by atoms with E-state index >= 15 is 0 Å². The first-order chi connectivity index (χ1) is 3.00. The summed E-state index contributed by atoms with van der Waals surface area (Å²) in [6, 6.07) is 13.0. The van der Waals surface area contributed by atoms with E-state index in [2.05, 4.69) is 12.1 Å². The Hall–Kier alpha value is 1.32. The minimum Gasteiger partial charge on any atom is -0.319 e. The van der Waals surface area contributed by atoms with E-state index in [1.165, 1.54) is 0 Å². The molecule has 0 heterocycles. The standard InChI is InChI=1S/C6H4.2U/c1-2-4-6-5-3-1;;/h1-2,5-6H;;/q-2;;. The Kier molecular flexibility index (Phi) is 12.5. The first kappa shape index (κ1) is 12.0. The summed E-state index contributed by atoms with van der Waals surface area (Å²) in [5, 5.41) is 0. The first-order valence-corrected chi connectivity index (χ1v) is 1.82. The fourth-order valence-electron chi connectivity index (χ4n) is 0.304. The summed E-state index contributed by atoms with van der Waals surface area (Å²) in [6.07, 6.45) is 0. The van der Waals surface area contributed by atoms with Crippen molar-refractivity contribution in [3.05, 3.63) is 36.4 Å². The Morgan fingerprint density at radius 1 is 0.625 bits per heavy atom. The van der Waals surface area contributed by atoms with Crippen molar-refractivity contribution < 1.29 is 62.2 Å². The summed E-state index contributed by atoms with van der Waals surface area (Å²) < 4.78 is 0. The zero-order valence-corrected chi connectivity index (χ0v) is 12.6. The molecule has 0 nitrogen and oxygen atoms in total. The van der Waals surface area contributed by atoms with Gasteiger partial charge in [0.15, 0.2) is 0 Å². The quantitative estimate of drug-likeness (QED) is 0.426. The largest absolute Gasteiger partial charge is 0.319 e. The number of benzene rings is 1. The average Bonchev–Trinajstić information content (AvgIpc) is 1.72. The second kappa shape index (κ2) is 8.32. The Labute approximate surface area is 97.2 Å². The van der Waals surface area contributed by atoms with Crippen LogP contribution in [0.5, 0.6) is 0 Å². The smallest absolute Gasteiger partial charge is 0 e. The predicted molar refractivity (Wildman–Crippen MR) is 24.1 cm³/mol. The number of rotatable bonds is 0. The van der Waals surface area contributed by atoms with Crippen molar-refractivity contribution in [3.8, 4) is 0 Å².